The molecule has 0 radical (unpaired) electrons. The second-order valence-electron chi connectivity index (χ2n) is 10.9. The summed E-state index contributed by atoms with van der Waals surface area (Å²) in [5.74, 6) is -2.77. The summed E-state index contributed by atoms with van der Waals surface area (Å²) in [5.41, 5.74) is 5.56. The summed E-state index contributed by atoms with van der Waals surface area (Å²) in [7, 11) is 0. The van der Waals surface area contributed by atoms with Crippen LogP contribution < -0.4 is 55.4 Å². The number of tetrazole rings is 1. The Morgan fingerprint density at radius 2 is 2.00 bits per heavy atom. The normalized spacial score (nSPS) is 18.0. The number of nitrogens with zero attached hydrogens (tertiary/aromatic N) is 8. The van der Waals surface area contributed by atoms with Crippen LogP contribution in [0.1, 0.15) is 31.1 Å². The Morgan fingerprint density at radius 1 is 1.28 bits per heavy atom. The van der Waals surface area contributed by atoms with Crippen molar-refractivity contribution in [2.24, 2.45) is 5.16 Å². The van der Waals surface area contributed by atoms with Crippen LogP contribution in [0.15, 0.2) is 40.5 Å². The second-order valence-corrected chi connectivity index (χ2v) is 12.9. The number of aliphatic carboxylic acids is 1. The summed E-state index contributed by atoms with van der Waals surface area (Å²) >= 11 is 2.44. The summed E-state index contributed by atoms with van der Waals surface area (Å²) in [4.78, 5) is 49.1. The van der Waals surface area contributed by atoms with E-state index in [-0.39, 0.29) is 63.4 Å². The van der Waals surface area contributed by atoms with Crippen molar-refractivity contribution in [1.82, 2.24) is 35.8 Å². The van der Waals surface area contributed by atoms with Crippen molar-refractivity contribution in [2.45, 2.75) is 44.3 Å². The number of phenolic OH excluding ortho intramolecular Hbond substituents is 2. The number of carboxylic acid groups (broad SMARTS) is 1. The van der Waals surface area contributed by atoms with E-state index in [2.05, 4.69) is 36.1 Å². The van der Waals surface area contributed by atoms with Gasteiger partial charge in [0, 0.05) is 35.1 Å². The smallest absolute Gasteiger partial charge is 0.546 e. The monoisotopic (exact) mass is 688 g/mol. The number of β-lactam (4-membered cyclic amide) rings is 1. The van der Waals surface area contributed by atoms with Gasteiger partial charge in [0.05, 0.1) is 17.5 Å². The number of hydrogen-bond acceptors (Lipinski definition) is 15. The quantitative estimate of drug-likeness (QED) is 0.0325. The fraction of sp³-hybridized carbons (Fsp3) is 0.296. The van der Waals surface area contributed by atoms with E-state index >= 15 is 0 Å². The Balaban J connectivity index is 0.00000433. The van der Waals surface area contributed by atoms with Crippen LogP contribution in [0, 0.1) is 6.92 Å². The molecule has 1 saturated heterocycles. The van der Waals surface area contributed by atoms with E-state index in [4.69, 9.17) is 10.6 Å². The molecule has 0 spiro atoms. The number of aromatic hydroxyl groups is 2. The van der Waals surface area contributed by atoms with E-state index in [0.717, 1.165) is 28.0 Å². The number of hydrogen-bond donors (Lipinski definition) is 4. The van der Waals surface area contributed by atoms with Crippen LogP contribution in [0.5, 0.6) is 11.5 Å². The molecule has 2 amide bonds. The molecule has 2 atom stereocenters. The van der Waals surface area contributed by atoms with Crippen LogP contribution in [-0.4, -0.2) is 81.9 Å². The number of aryl methyl sites for hydroxylation is 1. The van der Waals surface area contributed by atoms with Crippen molar-refractivity contribution in [2.75, 3.05) is 11.5 Å². The Labute approximate surface area is 296 Å². The molecule has 6 rings (SSSR count). The first kappa shape index (κ1) is 34.0. The number of oxime groups is 1. The molecule has 47 heavy (non-hydrogen) atoms. The maximum atomic E-state index is 13.6. The minimum absolute atomic E-state index is 0. The molecule has 5 N–H and O–H groups in total. The second kappa shape index (κ2) is 13.1. The molecule has 4 aromatic rings. The molecule has 238 valence electrons. The van der Waals surface area contributed by atoms with Crippen molar-refractivity contribution >= 4 is 68.2 Å². The van der Waals surface area contributed by atoms with Crippen molar-refractivity contribution in [3.05, 3.63) is 52.6 Å². The summed E-state index contributed by atoms with van der Waals surface area (Å²) in [6, 6.07) is 3.81. The number of carbonyl (C=O) groups is 3. The van der Waals surface area contributed by atoms with Gasteiger partial charge in [0.15, 0.2) is 46.4 Å². The molecule has 1 aromatic carbocycles. The molecule has 0 saturated carbocycles. The maximum Gasteiger partial charge on any atom is 1.00 e. The minimum Gasteiger partial charge on any atom is -0.546 e. The summed E-state index contributed by atoms with van der Waals surface area (Å²) < 4.78 is 1.93. The third kappa shape index (κ3) is 6.48. The van der Waals surface area contributed by atoms with Crippen LogP contribution in [0.4, 0.5) is 5.13 Å². The van der Waals surface area contributed by atoms with Crippen molar-refractivity contribution in [3.63, 3.8) is 0 Å². The molecule has 0 bridgehead atoms. The number of carbonyl (C=O) groups excluding carboxylic acids is 3. The van der Waals surface area contributed by atoms with Gasteiger partial charge in [-0.1, -0.05) is 5.16 Å². The van der Waals surface area contributed by atoms with E-state index in [1.807, 2.05) is 23.8 Å². The molecule has 2 aliphatic rings. The van der Waals surface area contributed by atoms with Gasteiger partial charge in [-0.25, -0.2) is 4.98 Å². The fourth-order valence-electron chi connectivity index (χ4n) is 4.86. The number of pyridine rings is 1. The number of amides is 2. The van der Waals surface area contributed by atoms with E-state index in [9.17, 15) is 29.7 Å². The SMILES string of the molecule is Cc1cc2cc(O)c(O)cc2c[n+]1CC1=C(c2nnn[n-]2)N2C(=O)[C@@H](NC(=O)/C(=N\OC(C)(C)C(=O)[O-])c3csc(N)n3)[C@H]2SC1.[Na+]. The van der Waals surface area contributed by atoms with Crippen LogP contribution >= 0.6 is 23.1 Å². The first-order valence-corrected chi connectivity index (χ1v) is 15.5. The minimum atomic E-state index is -1.86. The van der Waals surface area contributed by atoms with Crippen LogP contribution in [0.25, 0.3) is 16.5 Å². The number of rotatable bonds is 9. The zero-order chi connectivity index (χ0) is 32.9. The van der Waals surface area contributed by atoms with Gasteiger partial charge in [-0.15, -0.1) is 23.1 Å². The molecular weight excluding hydrogens is 663 g/mol. The molecule has 0 unspecified atom stereocenters. The van der Waals surface area contributed by atoms with Crippen LogP contribution in [-0.2, 0) is 25.8 Å². The number of nitrogens with one attached hydrogen (secondary N) is 1. The topological polar surface area (TPSA) is 247 Å². The van der Waals surface area contributed by atoms with E-state index in [1.54, 1.807) is 0 Å². The number of nitrogen functional groups attached to an aromatic ring is 1. The van der Waals surface area contributed by atoms with Gasteiger partial charge in [-0.2, -0.15) is 9.78 Å². The number of thioether (sulfide) groups is 1. The number of thiazole rings is 1. The molecule has 17 nitrogen and oxygen atoms in total. The number of aromatic nitrogens is 6. The predicted octanol–water partition coefficient (Wildman–Crippen LogP) is -4.21. The van der Waals surface area contributed by atoms with Gasteiger partial charge in [0.25, 0.3) is 11.8 Å². The number of anilines is 1. The third-order valence-electron chi connectivity index (χ3n) is 7.35. The Bertz CT molecular complexity index is 1960. The Morgan fingerprint density at radius 3 is 2.64 bits per heavy atom. The first-order chi connectivity index (χ1) is 21.8. The maximum absolute atomic E-state index is 13.6. The van der Waals surface area contributed by atoms with Crippen LogP contribution in [0.3, 0.4) is 0 Å². The predicted molar refractivity (Wildman–Crippen MR) is 161 cm³/mol. The molecule has 5 heterocycles. The number of phenols is 2. The molecule has 20 heteroatoms. The van der Waals surface area contributed by atoms with E-state index < -0.39 is 34.8 Å². The van der Waals surface area contributed by atoms with Gasteiger partial charge in [0.2, 0.25) is 0 Å². The molecule has 3 aromatic heterocycles. The van der Waals surface area contributed by atoms with Gasteiger partial charge < -0.3 is 41.1 Å². The van der Waals surface area contributed by atoms with Crippen molar-refractivity contribution in [1.29, 1.82) is 0 Å². The van der Waals surface area contributed by atoms with Crippen LogP contribution in [0.2, 0.25) is 0 Å². The number of nitrogens with two attached hydrogens (primary N) is 1. The summed E-state index contributed by atoms with van der Waals surface area (Å²) in [6.45, 7) is 4.62. The number of benzene rings is 1. The standard InChI is InChI=1S/C27H26N10O7S2.Na/c1-11-4-12-5-16(38)17(39)6-13(12)7-36(11)8-14-9-45-24-19(23(41)37(24)20(14)21-31-34-35-32-21)30-22(40)18(15-10-46-26(28)29-15)33-44-27(2,3)25(42)43;/h4-7,10,19,24H,8-9H2,1-3H3,(H6,28,29,30,31,32,34,35,39,40,42,43);/q;+1/p-1/b33-18-;/t19-,24-;/m1./s1. The Hall–Kier alpha value is -4.30. The first-order valence-electron chi connectivity index (χ1n) is 13.6. The summed E-state index contributed by atoms with van der Waals surface area (Å²) in [5, 5.41) is 55.4. The summed E-state index contributed by atoms with van der Waals surface area (Å²) in [6.07, 6.45) is 1.82. The zero-order valence-electron chi connectivity index (χ0n) is 25.4. The van der Waals surface area contributed by atoms with E-state index in [0.29, 0.717) is 23.4 Å². The van der Waals surface area contributed by atoms with Gasteiger partial charge in [-0.3, -0.25) is 24.8 Å². The molecule has 1 fully saturated rings. The largest absolute Gasteiger partial charge is 1.00 e. The van der Waals surface area contributed by atoms with Gasteiger partial charge in [-0.05, 0) is 31.4 Å². The van der Waals surface area contributed by atoms with Crippen molar-refractivity contribution in [3.8, 4) is 11.5 Å². The number of fused-ring (bicyclic) bond motifs is 2. The average molecular weight is 689 g/mol. The fourth-order valence-corrected chi connectivity index (χ4v) is 6.75. The van der Waals surface area contributed by atoms with Crippen molar-refractivity contribution < 1.29 is 68.7 Å². The average Bonchev–Trinajstić information content (AvgIpc) is 3.69. The van der Waals surface area contributed by atoms with E-state index in [1.165, 1.54) is 48.0 Å². The molecular formula is C27H25N10NaO7S2. The zero-order valence-corrected chi connectivity index (χ0v) is 29.0. The molecule has 0 aliphatic carbocycles. The third-order valence-corrected chi connectivity index (χ3v) is 9.37. The number of carboxylic acids is 1. The van der Waals surface area contributed by atoms with Gasteiger partial charge >= 0.3 is 29.6 Å². The Kier molecular flexibility index (Phi) is 9.47. The van der Waals surface area contributed by atoms with Gasteiger partial charge in [0.1, 0.15) is 17.1 Å². The molecule has 2 aliphatic heterocycles.